The monoisotopic (exact) mass is 361 g/mol. The Labute approximate surface area is 151 Å². The summed E-state index contributed by atoms with van der Waals surface area (Å²) in [6, 6.07) is 7.12. The number of carbonyl (C=O) groups is 1. The molecule has 2 aromatic rings. The van der Waals surface area contributed by atoms with Crippen LogP contribution in [0.1, 0.15) is 34.0 Å². The number of hydrogen-bond acceptors (Lipinski definition) is 6. The Balaban J connectivity index is 1.60. The minimum atomic E-state index is -0.177. The highest BCUT2D eigenvalue weighted by Gasteiger charge is 2.18. The molecule has 1 aromatic heterocycles. The lowest BCUT2D eigenvalue weighted by atomic mass is 9.97. The number of hydrogen-bond donors (Lipinski definition) is 2. The van der Waals surface area contributed by atoms with Gasteiger partial charge in [0.2, 0.25) is 0 Å². The fourth-order valence-electron chi connectivity index (χ4n) is 2.78. The largest absolute Gasteiger partial charge is 0.491 e. The number of aromatic nitrogens is 1. The Morgan fingerprint density at radius 3 is 3.00 bits per heavy atom. The van der Waals surface area contributed by atoms with Crippen molar-refractivity contribution in [1.29, 1.82) is 0 Å². The summed E-state index contributed by atoms with van der Waals surface area (Å²) in [6.45, 7) is 3.04. The summed E-state index contributed by atoms with van der Waals surface area (Å²) in [5.74, 6) is 1.02. The van der Waals surface area contributed by atoms with E-state index in [2.05, 4.69) is 15.6 Å². The molecule has 1 fully saturated rings. The van der Waals surface area contributed by atoms with Crippen molar-refractivity contribution in [1.82, 2.24) is 10.3 Å². The van der Waals surface area contributed by atoms with E-state index in [-0.39, 0.29) is 5.91 Å². The van der Waals surface area contributed by atoms with Crippen LogP contribution in [0.15, 0.2) is 30.5 Å². The SMILES string of the molecule is COCCOc1cccc(C(=O)Nc2ncc(C3CCNCC3)s2)c1. The van der Waals surface area contributed by atoms with Crippen LogP contribution in [0.2, 0.25) is 0 Å². The molecule has 1 aromatic carbocycles. The molecule has 3 rings (SSSR count). The van der Waals surface area contributed by atoms with Crippen LogP contribution in [-0.4, -0.2) is 44.3 Å². The lowest BCUT2D eigenvalue weighted by Gasteiger charge is -2.20. The van der Waals surface area contributed by atoms with Crippen molar-refractivity contribution < 1.29 is 14.3 Å². The molecule has 2 heterocycles. The number of piperidine rings is 1. The average molecular weight is 361 g/mol. The summed E-state index contributed by atoms with van der Waals surface area (Å²) in [5, 5.41) is 6.89. The first-order valence-corrected chi connectivity index (χ1v) is 9.27. The zero-order valence-corrected chi connectivity index (χ0v) is 15.1. The zero-order chi connectivity index (χ0) is 17.5. The maximum Gasteiger partial charge on any atom is 0.257 e. The van der Waals surface area contributed by atoms with Gasteiger partial charge in [-0.15, -0.1) is 11.3 Å². The van der Waals surface area contributed by atoms with Crippen LogP contribution in [0, 0.1) is 0 Å². The highest BCUT2D eigenvalue weighted by molar-refractivity contribution is 7.15. The van der Waals surface area contributed by atoms with E-state index in [0.717, 1.165) is 25.9 Å². The molecule has 1 amide bonds. The molecule has 6 nitrogen and oxygen atoms in total. The Morgan fingerprint density at radius 2 is 2.20 bits per heavy atom. The third kappa shape index (κ3) is 5.01. The van der Waals surface area contributed by atoms with Crippen LogP contribution in [0.25, 0.3) is 0 Å². The fourth-order valence-corrected chi connectivity index (χ4v) is 3.76. The van der Waals surface area contributed by atoms with Crippen LogP contribution in [0.4, 0.5) is 5.13 Å². The van der Waals surface area contributed by atoms with Crippen molar-refractivity contribution in [3.8, 4) is 5.75 Å². The molecule has 0 saturated carbocycles. The van der Waals surface area contributed by atoms with Gasteiger partial charge < -0.3 is 14.8 Å². The summed E-state index contributed by atoms with van der Waals surface area (Å²) in [5.41, 5.74) is 0.550. The predicted octanol–water partition coefficient (Wildman–Crippen LogP) is 2.89. The van der Waals surface area contributed by atoms with E-state index in [0.29, 0.717) is 35.6 Å². The molecule has 134 valence electrons. The molecule has 0 unspecified atom stereocenters. The Morgan fingerprint density at radius 1 is 1.36 bits per heavy atom. The zero-order valence-electron chi connectivity index (χ0n) is 14.3. The van der Waals surface area contributed by atoms with Gasteiger partial charge in [0.15, 0.2) is 5.13 Å². The number of nitrogens with one attached hydrogen (secondary N) is 2. The number of thiazole rings is 1. The van der Waals surface area contributed by atoms with Crippen LogP contribution >= 0.6 is 11.3 Å². The molecule has 1 aliphatic rings. The van der Waals surface area contributed by atoms with Crippen molar-refractivity contribution in [3.05, 3.63) is 40.9 Å². The summed E-state index contributed by atoms with van der Waals surface area (Å²) in [7, 11) is 1.62. The van der Waals surface area contributed by atoms with Gasteiger partial charge in [0, 0.05) is 23.7 Å². The quantitative estimate of drug-likeness (QED) is 0.742. The minimum Gasteiger partial charge on any atom is -0.491 e. The topological polar surface area (TPSA) is 72.5 Å². The van der Waals surface area contributed by atoms with Crippen LogP contribution in [0.5, 0.6) is 5.75 Å². The second-order valence-electron chi connectivity index (χ2n) is 5.92. The maximum absolute atomic E-state index is 12.4. The van der Waals surface area contributed by atoms with E-state index < -0.39 is 0 Å². The molecule has 0 aliphatic carbocycles. The highest BCUT2D eigenvalue weighted by Crippen LogP contribution is 2.31. The van der Waals surface area contributed by atoms with E-state index in [4.69, 9.17) is 9.47 Å². The minimum absolute atomic E-state index is 0.177. The van der Waals surface area contributed by atoms with Crippen LogP contribution < -0.4 is 15.4 Å². The van der Waals surface area contributed by atoms with Gasteiger partial charge in [-0.05, 0) is 50.0 Å². The van der Waals surface area contributed by atoms with Gasteiger partial charge >= 0.3 is 0 Å². The summed E-state index contributed by atoms with van der Waals surface area (Å²) in [6.07, 6.45) is 4.13. The third-order valence-corrected chi connectivity index (χ3v) is 5.21. The molecule has 0 atom stereocenters. The molecule has 0 spiro atoms. The average Bonchev–Trinajstić information content (AvgIpc) is 3.11. The standard InChI is InChI=1S/C18H23N3O3S/c1-23-9-10-24-15-4-2-3-14(11-15)17(22)21-18-20-12-16(25-18)13-5-7-19-8-6-13/h2-4,11-13,19H,5-10H2,1H3,(H,20,21,22). The van der Waals surface area contributed by atoms with E-state index in [1.54, 1.807) is 36.6 Å². The number of carbonyl (C=O) groups excluding carboxylic acids is 1. The Kier molecular flexibility index (Phi) is 6.38. The Hall–Kier alpha value is -1.96. The molecule has 7 heteroatoms. The number of nitrogens with zero attached hydrogens (tertiary/aromatic N) is 1. The van der Waals surface area contributed by atoms with Gasteiger partial charge in [0.25, 0.3) is 5.91 Å². The van der Waals surface area contributed by atoms with E-state index in [1.807, 2.05) is 12.3 Å². The molecule has 0 radical (unpaired) electrons. The second kappa shape index (κ2) is 8.94. The van der Waals surface area contributed by atoms with E-state index in [9.17, 15) is 4.79 Å². The van der Waals surface area contributed by atoms with Gasteiger partial charge in [0.1, 0.15) is 12.4 Å². The Bertz CT molecular complexity index is 698. The van der Waals surface area contributed by atoms with Crippen molar-refractivity contribution in [3.63, 3.8) is 0 Å². The van der Waals surface area contributed by atoms with Gasteiger partial charge in [0.05, 0.1) is 6.61 Å². The molecular weight excluding hydrogens is 338 g/mol. The molecule has 25 heavy (non-hydrogen) atoms. The smallest absolute Gasteiger partial charge is 0.257 e. The molecule has 0 bridgehead atoms. The molecule has 1 saturated heterocycles. The number of rotatable bonds is 7. The first-order chi connectivity index (χ1) is 12.3. The van der Waals surface area contributed by atoms with Gasteiger partial charge in [-0.3, -0.25) is 10.1 Å². The maximum atomic E-state index is 12.4. The molecular formula is C18H23N3O3S. The van der Waals surface area contributed by atoms with Crippen molar-refractivity contribution in [2.75, 3.05) is 38.7 Å². The fraction of sp³-hybridized carbons (Fsp3) is 0.444. The van der Waals surface area contributed by atoms with Crippen LogP contribution in [0.3, 0.4) is 0 Å². The molecule has 1 aliphatic heterocycles. The molecule has 2 N–H and O–H groups in total. The van der Waals surface area contributed by atoms with Gasteiger partial charge in [-0.2, -0.15) is 0 Å². The van der Waals surface area contributed by atoms with Crippen molar-refractivity contribution in [2.45, 2.75) is 18.8 Å². The van der Waals surface area contributed by atoms with Crippen LogP contribution in [-0.2, 0) is 4.74 Å². The second-order valence-corrected chi connectivity index (χ2v) is 6.98. The van der Waals surface area contributed by atoms with E-state index >= 15 is 0 Å². The third-order valence-electron chi connectivity index (χ3n) is 4.14. The number of benzene rings is 1. The lowest BCUT2D eigenvalue weighted by Crippen LogP contribution is -2.26. The number of ether oxygens (including phenoxy) is 2. The normalized spacial score (nSPS) is 15.1. The number of amides is 1. The number of methoxy groups -OCH3 is 1. The summed E-state index contributed by atoms with van der Waals surface area (Å²) < 4.78 is 10.5. The first-order valence-electron chi connectivity index (χ1n) is 8.46. The van der Waals surface area contributed by atoms with E-state index in [1.165, 1.54) is 4.88 Å². The van der Waals surface area contributed by atoms with Gasteiger partial charge in [-0.25, -0.2) is 4.98 Å². The van der Waals surface area contributed by atoms with Crippen molar-refractivity contribution >= 4 is 22.4 Å². The summed E-state index contributed by atoms with van der Waals surface area (Å²) >= 11 is 1.56. The first kappa shape index (κ1) is 17.8. The predicted molar refractivity (Wildman–Crippen MR) is 98.7 cm³/mol. The highest BCUT2D eigenvalue weighted by atomic mass is 32.1. The lowest BCUT2D eigenvalue weighted by molar-refractivity contribution is 0.102. The summed E-state index contributed by atoms with van der Waals surface area (Å²) in [4.78, 5) is 18.0. The van der Waals surface area contributed by atoms with Crippen molar-refractivity contribution in [2.24, 2.45) is 0 Å². The number of anilines is 1. The van der Waals surface area contributed by atoms with Gasteiger partial charge in [-0.1, -0.05) is 6.07 Å².